The monoisotopic (exact) mass is 222 g/mol. The van der Waals surface area contributed by atoms with Crippen LogP contribution in [0.5, 0.6) is 0 Å². The molecule has 0 aliphatic heterocycles. The molecule has 92 valence electrons. The predicted octanol–water partition coefficient (Wildman–Crippen LogP) is 4.40. The average molecular weight is 222 g/mol. The third-order valence-electron chi connectivity index (χ3n) is 2.56. The molecule has 0 atom stereocenters. The number of aliphatic hydroxyl groups is 1. The minimum atomic E-state index is 0.162. The van der Waals surface area contributed by atoms with E-state index in [-0.39, 0.29) is 6.61 Å². The van der Waals surface area contributed by atoms with E-state index in [2.05, 4.69) is 39.8 Å². The fourth-order valence-corrected chi connectivity index (χ4v) is 1.49. The largest absolute Gasteiger partial charge is 0.392 e. The van der Waals surface area contributed by atoms with Gasteiger partial charge in [-0.05, 0) is 53.4 Å². The molecule has 0 spiro atoms. The summed E-state index contributed by atoms with van der Waals surface area (Å²) in [6.07, 6.45) is 10.9. The second-order valence-corrected chi connectivity index (χ2v) is 4.64. The minimum Gasteiger partial charge on any atom is -0.392 e. The predicted molar refractivity (Wildman–Crippen MR) is 72.5 cm³/mol. The molecule has 0 rings (SSSR count). The van der Waals surface area contributed by atoms with Crippen molar-refractivity contribution in [1.82, 2.24) is 0 Å². The second-order valence-electron chi connectivity index (χ2n) is 4.64. The third-order valence-corrected chi connectivity index (χ3v) is 2.56. The van der Waals surface area contributed by atoms with Gasteiger partial charge in [0.05, 0.1) is 6.61 Å². The first kappa shape index (κ1) is 15.2. The lowest BCUT2D eigenvalue weighted by Gasteiger charge is -2.00. The lowest BCUT2D eigenvalue weighted by Crippen LogP contribution is -1.82. The third kappa shape index (κ3) is 9.72. The Kier molecular flexibility index (Phi) is 8.93. The summed E-state index contributed by atoms with van der Waals surface area (Å²) < 4.78 is 0. The molecule has 0 saturated heterocycles. The van der Waals surface area contributed by atoms with Gasteiger partial charge in [-0.1, -0.05) is 34.9 Å². The van der Waals surface area contributed by atoms with E-state index in [9.17, 15) is 0 Å². The standard InChI is InChI=1S/C15H26O/c1-13(2)7-5-8-14(3)9-6-10-15(4)11-12-16/h7,9,11,16H,5-6,8,10,12H2,1-4H3/b14-9+,15-11-. The Labute approximate surface area is 101 Å². The zero-order chi connectivity index (χ0) is 12.4. The van der Waals surface area contributed by atoms with Crippen molar-refractivity contribution in [3.8, 4) is 0 Å². The lowest BCUT2D eigenvalue weighted by atomic mass is 10.1. The van der Waals surface area contributed by atoms with Gasteiger partial charge in [-0.3, -0.25) is 0 Å². The summed E-state index contributed by atoms with van der Waals surface area (Å²) in [7, 11) is 0. The second kappa shape index (κ2) is 9.41. The van der Waals surface area contributed by atoms with Crippen LogP contribution in [0.25, 0.3) is 0 Å². The van der Waals surface area contributed by atoms with Crippen LogP contribution < -0.4 is 0 Å². The molecule has 1 heteroatoms. The number of allylic oxidation sites excluding steroid dienone is 5. The molecule has 1 nitrogen and oxygen atoms in total. The van der Waals surface area contributed by atoms with Gasteiger partial charge in [-0.25, -0.2) is 0 Å². The molecule has 0 aromatic rings. The van der Waals surface area contributed by atoms with Crippen molar-refractivity contribution < 1.29 is 5.11 Å². The van der Waals surface area contributed by atoms with Crippen LogP contribution in [0.15, 0.2) is 34.9 Å². The smallest absolute Gasteiger partial charge is 0.0614 e. The molecule has 0 heterocycles. The van der Waals surface area contributed by atoms with Gasteiger partial charge < -0.3 is 5.11 Å². The lowest BCUT2D eigenvalue weighted by molar-refractivity contribution is 0.341. The first-order valence-electron chi connectivity index (χ1n) is 6.11. The Bertz CT molecular complexity index is 265. The van der Waals surface area contributed by atoms with Gasteiger partial charge in [0.15, 0.2) is 0 Å². The zero-order valence-electron chi connectivity index (χ0n) is 11.2. The highest BCUT2D eigenvalue weighted by molar-refractivity contribution is 5.05. The number of rotatable bonds is 7. The van der Waals surface area contributed by atoms with E-state index >= 15 is 0 Å². The van der Waals surface area contributed by atoms with Gasteiger partial charge >= 0.3 is 0 Å². The molecule has 0 saturated carbocycles. The molecule has 0 aromatic carbocycles. The van der Waals surface area contributed by atoms with E-state index in [4.69, 9.17) is 5.11 Å². The molecular formula is C15H26O. The van der Waals surface area contributed by atoms with E-state index in [1.54, 1.807) is 0 Å². The van der Waals surface area contributed by atoms with Gasteiger partial charge in [0.1, 0.15) is 0 Å². The highest BCUT2D eigenvalue weighted by atomic mass is 16.2. The average Bonchev–Trinajstić information content (AvgIpc) is 2.17. The Morgan fingerprint density at radius 1 is 0.812 bits per heavy atom. The van der Waals surface area contributed by atoms with Gasteiger partial charge in [-0.2, -0.15) is 0 Å². The number of hydrogen-bond acceptors (Lipinski definition) is 1. The quantitative estimate of drug-likeness (QED) is 0.633. The van der Waals surface area contributed by atoms with Crippen LogP contribution in [0.1, 0.15) is 53.4 Å². The molecule has 0 aromatic heterocycles. The van der Waals surface area contributed by atoms with Crippen molar-refractivity contribution in [1.29, 1.82) is 0 Å². The van der Waals surface area contributed by atoms with Crippen molar-refractivity contribution in [3.05, 3.63) is 34.9 Å². The van der Waals surface area contributed by atoms with Crippen LogP contribution in [0.4, 0.5) is 0 Å². The summed E-state index contributed by atoms with van der Waals surface area (Å²) in [4.78, 5) is 0. The molecule has 0 fully saturated rings. The maximum absolute atomic E-state index is 8.72. The summed E-state index contributed by atoms with van der Waals surface area (Å²) in [6.45, 7) is 8.71. The summed E-state index contributed by atoms with van der Waals surface area (Å²) in [5.74, 6) is 0. The molecule has 0 bridgehead atoms. The topological polar surface area (TPSA) is 20.2 Å². The maximum Gasteiger partial charge on any atom is 0.0614 e. The SMILES string of the molecule is CC(C)=CCC/C(C)=C/CC/C(C)=C\CO. The summed E-state index contributed by atoms with van der Waals surface area (Å²) >= 11 is 0. The summed E-state index contributed by atoms with van der Waals surface area (Å²) in [6, 6.07) is 0. The van der Waals surface area contributed by atoms with E-state index < -0.39 is 0 Å². The molecule has 16 heavy (non-hydrogen) atoms. The van der Waals surface area contributed by atoms with Crippen LogP contribution >= 0.6 is 0 Å². The molecular weight excluding hydrogens is 196 g/mol. The molecule has 1 N–H and O–H groups in total. The van der Waals surface area contributed by atoms with E-state index in [1.807, 2.05) is 6.08 Å². The van der Waals surface area contributed by atoms with Crippen LogP contribution in [0.3, 0.4) is 0 Å². The van der Waals surface area contributed by atoms with E-state index in [0.717, 1.165) is 25.7 Å². The fraction of sp³-hybridized carbons (Fsp3) is 0.600. The Morgan fingerprint density at radius 2 is 1.31 bits per heavy atom. The van der Waals surface area contributed by atoms with Gasteiger partial charge in [-0.15, -0.1) is 0 Å². The number of aliphatic hydroxyl groups excluding tert-OH is 1. The number of hydrogen-bond donors (Lipinski definition) is 1. The van der Waals surface area contributed by atoms with Crippen LogP contribution in [0.2, 0.25) is 0 Å². The molecule has 0 amide bonds. The highest BCUT2D eigenvalue weighted by Crippen LogP contribution is 2.10. The maximum atomic E-state index is 8.72. The van der Waals surface area contributed by atoms with E-state index in [0.29, 0.717) is 0 Å². The first-order chi connectivity index (χ1) is 7.56. The molecule has 0 aliphatic carbocycles. The van der Waals surface area contributed by atoms with Crippen molar-refractivity contribution >= 4 is 0 Å². The first-order valence-corrected chi connectivity index (χ1v) is 6.11. The highest BCUT2D eigenvalue weighted by Gasteiger charge is 1.91. The Balaban J connectivity index is 3.79. The van der Waals surface area contributed by atoms with Gasteiger partial charge in [0, 0.05) is 0 Å². The summed E-state index contributed by atoms with van der Waals surface area (Å²) in [5.41, 5.74) is 4.14. The van der Waals surface area contributed by atoms with Gasteiger partial charge in [0.2, 0.25) is 0 Å². The Hall–Kier alpha value is -0.820. The van der Waals surface area contributed by atoms with Crippen molar-refractivity contribution in [2.24, 2.45) is 0 Å². The van der Waals surface area contributed by atoms with Crippen LogP contribution in [-0.2, 0) is 0 Å². The van der Waals surface area contributed by atoms with E-state index in [1.165, 1.54) is 16.7 Å². The van der Waals surface area contributed by atoms with Crippen molar-refractivity contribution in [2.45, 2.75) is 53.4 Å². The molecule has 0 aliphatic rings. The summed E-state index contributed by atoms with van der Waals surface area (Å²) in [5, 5.41) is 8.72. The van der Waals surface area contributed by atoms with Crippen LogP contribution in [0, 0.1) is 0 Å². The van der Waals surface area contributed by atoms with Gasteiger partial charge in [0.25, 0.3) is 0 Å². The molecule has 0 radical (unpaired) electrons. The fourth-order valence-electron chi connectivity index (χ4n) is 1.49. The normalized spacial score (nSPS) is 12.8. The van der Waals surface area contributed by atoms with Crippen molar-refractivity contribution in [3.63, 3.8) is 0 Å². The van der Waals surface area contributed by atoms with Crippen LogP contribution in [-0.4, -0.2) is 11.7 Å². The minimum absolute atomic E-state index is 0.162. The molecule has 0 unspecified atom stereocenters. The zero-order valence-corrected chi connectivity index (χ0v) is 11.2. The van der Waals surface area contributed by atoms with Crippen molar-refractivity contribution in [2.75, 3.05) is 6.61 Å². The Morgan fingerprint density at radius 3 is 1.81 bits per heavy atom.